The molecule has 0 unspecified atom stereocenters. The van der Waals surface area contributed by atoms with E-state index in [0.29, 0.717) is 13.0 Å². The summed E-state index contributed by atoms with van der Waals surface area (Å²) >= 11 is 1.62. The van der Waals surface area contributed by atoms with Gasteiger partial charge in [0.05, 0.1) is 16.9 Å². The molecular formula is C18H20N4OS. The van der Waals surface area contributed by atoms with Gasteiger partial charge in [-0.2, -0.15) is 5.10 Å². The second kappa shape index (κ2) is 7.40. The van der Waals surface area contributed by atoms with Crippen molar-refractivity contribution in [3.63, 3.8) is 0 Å². The molecule has 2 heterocycles. The maximum Gasteiger partial charge on any atom is 0.222 e. The highest BCUT2D eigenvalue weighted by Gasteiger charge is 2.11. The zero-order chi connectivity index (χ0) is 16.9. The number of benzene rings is 1. The molecular weight excluding hydrogens is 320 g/mol. The Morgan fingerprint density at radius 2 is 2.21 bits per heavy atom. The monoisotopic (exact) mass is 340 g/mol. The van der Waals surface area contributed by atoms with Gasteiger partial charge in [-0.05, 0) is 37.1 Å². The van der Waals surface area contributed by atoms with Gasteiger partial charge < -0.3 is 4.90 Å². The first-order valence-electron chi connectivity index (χ1n) is 7.85. The molecule has 0 aliphatic rings. The van der Waals surface area contributed by atoms with Gasteiger partial charge in [-0.15, -0.1) is 11.3 Å². The average molecular weight is 340 g/mol. The number of nitrogens with zero attached hydrogens (tertiary/aromatic N) is 4. The molecule has 6 heteroatoms. The van der Waals surface area contributed by atoms with Crippen LogP contribution in [0.2, 0.25) is 0 Å². The van der Waals surface area contributed by atoms with E-state index in [1.165, 1.54) is 4.88 Å². The van der Waals surface area contributed by atoms with Crippen LogP contribution in [0, 0.1) is 6.92 Å². The second-order valence-corrected chi connectivity index (χ2v) is 6.67. The number of carbonyl (C=O) groups is 1. The predicted octanol–water partition coefficient (Wildman–Crippen LogP) is 3.23. The minimum Gasteiger partial charge on any atom is -0.341 e. The summed E-state index contributed by atoms with van der Waals surface area (Å²) in [6.07, 6.45) is 4.93. The van der Waals surface area contributed by atoms with Crippen molar-refractivity contribution in [2.45, 2.75) is 26.3 Å². The molecule has 2 aromatic heterocycles. The Labute approximate surface area is 145 Å². The largest absolute Gasteiger partial charge is 0.341 e. The van der Waals surface area contributed by atoms with Crippen molar-refractivity contribution < 1.29 is 4.79 Å². The van der Waals surface area contributed by atoms with Gasteiger partial charge in [0.15, 0.2) is 0 Å². The third-order valence-electron chi connectivity index (χ3n) is 3.94. The molecule has 0 N–H and O–H groups in total. The SMILES string of the molecule is Cc1ncsc1CCC(=O)N(C)Cc1cccc(-n2cccn2)c1. The number of aromatic nitrogens is 3. The lowest BCUT2D eigenvalue weighted by Crippen LogP contribution is -2.26. The van der Waals surface area contributed by atoms with E-state index in [-0.39, 0.29) is 5.91 Å². The lowest BCUT2D eigenvalue weighted by atomic mass is 10.1. The maximum atomic E-state index is 12.4. The quantitative estimate of drug-likeness (QED) is 0.692. The second-order valence-electron chi connectivity index (χ2n) is 5.73. The van der Waals surface area contributed by atoms with Crippen LogP contribution in [-0.2, 0) is 17.8 Å². The van der Waals surface area contributed by atoms with E-state index in [2.05, 4.69) is 16.1 Å². The Kier molecular flexibility index (Phi) is 5.05. The first kappa shape index (κ1) is 16.4. The average Bonchev–Trinajstić information content (AvgIpc) is 3.24. The Hall–Kier alpha value is -2.47. The third kappa shape index (κ3) is 3.89. The van der Waals surface area contributed by atoms with Gasteiger partial charge in [0.2, 0.25) is 5.91 Å². The summed E-state index contributed by atoms with van der Waals surface area (Å²) in [5, 5.41) is 4.24. The first-order chi connectivity index (χ1) is 11.6. The van der Waals surface area contributed by atoms with E-state index >= 15 is 0 Å². The number of thiazole rings is 1. The Morgan fingerprint density at radius 3 is 2.92 bits per heavy atom. The Morgan fingerprint density at radius 1 is 1.33 bits per heavy atom. The van der Waals surface area contributed by atoms with Crippen molar-refractivity contribution in [3.05, 3.63) is 64.4 Å². The molecule has 24 heavy (non-hydrogen) atoms. The standard InChI is InChI=1S/C18H20N4OS/c1-14-17(24-13-19-14)7-8-18(23)21(2)12-15-5-3-6-16(11-15)22-10-4-9-20-22/h3-6,9-11,13H,7-8,12H2,1-2H3. The van der Waals surface area contributed by atoms with Gasteiger partial charge in [-0.25, -0.2) is 9.67 Å². The lowest BCUT2D eigenvalue weighted by Gasteiger charge is -2.17. The van der Waals surface area contributed by atoms with Crippen LogP contribution >= 0.6 is 11.3 Å². The van der Waals surface area contributed by atoms with Crippen LogP contribution in [0.5, 0.6) is 0 Å². The molecule has 3 rings (SSSR count). The van der Waals surface area contributed by atoms with Crippen LogP contribution in [0.4, 0.5) is 0 Å². The molecule has 0 aliphatic heterocycles. The zero-order valence-electron chi connectivity index (χ0n) is 13.8. The van der Waals surface area contributed by atoms with E-state index in [9.17, 15) is 4.79 Å². The number of carbonyl (C=O) groups excluding carboxylic acids is 1. The fourth-order valence-electron chi connectivity index (χ4n) is 2.56. The Balaban J connectivity index is 1.60. The molecule has 0 bridgehead atoms. The highest BCUT2D eigenvalue weighted by Crippen LogP contribution is 2.16. The van der Waals surface area contributed by atoms with Gasteiger partial charge in [0.1, 0.15) is 0 Å². The summed E-state index contributed by atoms with van der Waals surface area (Å²) in [6, 6.07) is 9.98. The molecule has 0 radical (unpaired) electrons. The van der Waals surface area contributed by atoms with Crippen LogP contribution in [0.25, 0.3) is 5.69 Å². The lowest BCUT2D eigenvalue weighted by molar-refractivity contribution is -0.130. The summed E-state index contributed by atoms with van der Waals surface area (Å²) < 4.78 is 1.82. The normalized spacial score (nSPS) is 10.8. The van der Waals surface area contributed by atoms with Crippen LogP contribution in [0.3, 0.4) is 0 Å². The Bertz CT molecular complexity index is 810. The molecule has 3 aromatic rings. The summed E-state index contributed by atoms with van der Waals surface area (Å²) in [5.41, 5.74) is 4.95. The molecule has 0 fully saturated rings. The number of amides is 1. The molecule has 1 aromatic carbocycles. The summed E-state index contributed by atoms with van der Waals surface area (Å²) in [7, 11) is 1.85. The van der Waals surface area contributed by atoms with Gasteiger partial charge in [0.25, 0.3) is 0 Å². The number of rotatable bonds is 6. The van der Waals surface area contributed by atoms with E-state index in [4.69, 9.17) is 0 Å². The van der Waals surface area contributed by atoms with Crippen molar-refractivity contribution in [1.82, 2.24) is 19.7 Å². The summed E-state index contributed by atoms with van der Waals surface area (Å²) in [6.45, 7) is 2.58. The van der Waals surface area contributed by atoms with E-state index in [0.717, 1.165) is 23.4 Å². The fraction of sp³-hybridized carbons (Fsp3) is 0.278. The topological polar surface area (TPSA) is 51.0 Å². The van der Waals surface area contributed by atoms with Crippen LogP contribution < -0.4 is 0 Å². The van der Waals surface area contributed by atoms with Gasteiger partial charge in [0, 0.05) is 37.3 Å². The van der Waals surface area contributed by atoms with Crippen LogP contribution in [-0.4, -0.2) is 32.6 Å². The molecule has 0 saturated heterocycles. The summed E-state index contributed by atoms with van der Waals surface area (Å²) in [5.74, 6) is 0.146. The molecule has 0 atom stereocenters. The smallest absolute Gasteiger partial charge is 0.222 e. The summed E-state index contributed by atoms with van der Waals surface area (Å²) in [4.78, 5) is 19.6. The van der Waals surface area contributed by atoms with Crippen molar-refractivity contribution in [2.24, 2.45) is 0 Å². The van der Waals surface area contributed by atoms with E-state index in [1.54, 1.807) is 22.4 Å². The molecule has 0 saturated carbocycles. The third-order valence-corrected chi connectivity index (χ3v) is 4.93. The van der Waals surface area contributed by atoms with E-state index < -0.39 is 0 Å². The highest BCUT2D eigenvalue weighted by atomic mass is 32.1. The van der Waals surface area contributed by atoms with Gasteiger partial charge in [-0.3, -0.25) is 4.79 Å². The fourth-order valence-corrected chi connectivity index (χ4v) is 3.34. The van der Waals surface area contributed by atoms with Crippen LogP contribution in [0.15, 0.2) is 48.2 Å². The van der Waals surface area contributed by atoms with Crippen molar-refractivity contribution in [3.8, 4) is 5.69 Å². The first-order valence-corrected chi connectivity index (χ1v) is 8.73. The molecule has 5 nitrogen and oxygen atoms in total. The molecule has 0 aliphatic carbocycles. The predicted molar refractivity (Wildman–Crippen MR) is 95.2 cm³/mol. The minimum atomic E-state index is 0.146. The van der Waals surface area contributed by atoms with Gasteiger partial charge in [-0.1, -0.05) is 12.1 Å². The molecule has 1 amide bonds. The van der Waals surface area contributed by atoms with Gasteiger partial charge >= 0.3 is 0 Å². The van der Waals surface area contributed by atoms with Crippen molar-refractivity contribution >= 4 is 17.2 Å². The zero-order valence-corrected chi connectivity index (χ0v) is 14.7. The number of hydrogen-bond acceptors (Lipinski definition) is 4. The number of aryl methyl sites for hydroxylation is 2. The van der Waals surface area contributed by atoms with Crippen LogP contribution in [0.1, 0.15) is 22.6 Å². The molecule has 124 valence electrons. The van der Waals surface area contributed by atoms with E-state index in [1.807, 2.05) is 54.6 Å². The minimum absolute atomic E-state index is 0.146. The number of hydrogen-bond donors (Lipinski definition) is 0. The maximum absolute atomic E-state index is 12.4. The molecule has 0 spiro atoms. The highest BCUT2D eigenvalue weighted by molar-refractivity contribution is 7.09. The van der Waals surface area contributed by atoms with Crippen molar-refractivity contribution in [2.75, 3.05) is 7.05 Å². The van der Waals surface area contributed by atoms with Crippen molar-refractivity contribution in [1.29, 1.82) is 0 Å².